The lowest BCUT2D eigenvalue weighted by atomic mass is 9.97. The molecule has 1 atom stereocenters. The van der Waals surface area contributed by atoms with Crippen LogP contribution in [-0.2, 0) is 14.3 Å². The summed E-state index contributed by atoms with van der Waals surface area (Å²) in [5, 5.41) is 3.52. The number of hydroxylamine groups is 1. The first-order chi connectivity index (χ1) is 14.7. The van der Waals surface area contributed by atoms with Crippen molar-refractivity contribution in [3.63, 3.8) is 0 Å². The molecule has 0 bridgehead atoms. The normalized spacial score (nSPS) is 17.7. The van der Waals surface area contributed by atoms with E-state index in [4.69, 9.17) is 18.7 Å². The zero-order valence-electron chi connectivity index (χ0n) is 17.1. The van der Waals surface area contributed by atoms with E-state index in [1.807, 2.05) is 30.4 Å². The van der Waals surface area contributed by atoms with Crippen LogP contribution in [0.3, 0.4) is 0 Å². The summed E-state index contributed by atoms with van der Waals surface area (Å²) < 4.78 is 32.1. The van der Waals surface area contributed by atoms with E-state index in [0.29, 0.717) is 23.3 Å². The second-order valence-electron chi connectivity index (χ2n) is 7.58. The summed E-state index contributed by atoms with van der Waals surface area (Å²) in [6.45, 7) is 4.07. The number of anilines is 2. The summed E-state index contributed by atoms with van der Waals surface area (Å²) >= 11 is 2.02. The number of ether oxygens (including phenoxy) is 2. The molecule has 1 aromatic carbocycles. The van der Waals surface area contributed by atoms with E-state index in [2.05, 4.69) is 15.8 Å². The van der Waals surface area contributed by atoms with Crippen LogP contribution < -0.4 is 16.3 Å². The first kappa shape index (κ1) is 22.0. The number of nitrogens with zero attached hydrogens (tertiary/aromatic N) is 1. The quantitative estimate of drug-likeness (QED) is 0.283. The van der Waals surface area contributed by atoms with Crippen LogP contribution in [0.2, 0.25) is 0 Å². The minimum absolute atomic E-state index is 0.0482. The maximum atomic E-state index is 14.4. The Balaban J connectivity index is 1.57. The molecule has 0 spiro atoms. The Morgan fingerprint density at radius 3 is 2.94 bits per heavy atom. The third kappa shape index (κ3) is 4.84. The molecule has 8 nitrogen and oxygen atoms in total. The Morgan fingerprint density at radius 1 is 1.42 bits per heavy atom. The molecule has 1 aliphatic heterocycles. The number of carbonyl (C=O) groups excluding carboxylic acids is 1. The number of aromatic nitrogens is 1. The molecule has 31 heavy (non-hydrogen) atoms. The second-order valence-corrected chi connectivity index (χ2v) is 8.83. The Bertz CT molecular complexity index is 1140. The number of amides is 1. The van der Waals surface area contributed by atoms with Crippen LogP contribution in [0.25, 0.3) is 11.0 Å². The van der Waals surface area contributed by atoms with Crippen LogP contribution in [0.1, 0.15) is 24.4 Å². The van der Waals surface area contributed by atoms with Gasteiger partial charge in [0, 0.05) is 16.0 Å². The molecular formula is C20H20BFIN3O5. The van der Waals surface area contributed by atoms with Crippen LogP contribution in [0.5, 0.6) is 0 Å². The summed E-state index contributed by atoms with van der Waals surface area (Å²) in [6.07, 6.45) is 2.87. The van der Waals surface area contributed by atoms with Crippen molar-refractivity contribution in [2.75, 3.05) is 18.5 Å². The van der Waals surface area contributed by atoms with Crippen LogP contribution >= 0.6 is 22.6 Å². The van der Waals surface area contributed by atoms with Gasteiger partial charge in [-0.1, -0.05) is 0 Å². The maximum absolute atomic E-state index is 14.4. The van der Waals surface area contributed by atoms with Gasteiger partial charge >= 0.3 is 5.91 Å². The van der Waals surface area contributed by atoms with Crippen LogP contribution in [0, 0.1) is 9.39 Å². The molecule has 2 aromatic heterocycles. The predicted octanol–water partition coefficient (Wildman–Crippen LogP) is 2.39. The molecule has 3 aromatic rings. The van der Waals surface area contributed by atoms with E-state index in [1.54, 1.807) is 38.4 Å². The first-order valence-corrected chi connectivity index (χ1v) is 10.6. The number of fused-ring (bicyclic) bond motifs is 1. The van der Waals surface area contributed by atoms with E-state index < -0.39 is 17.5 Å². The molecule has 1 saturated heterocycles. The first-order valence-electron chi connectivity index (χ1n) is 9.56. The summed E-state index contributed by atoms with van der Waals surface area (Å²) in [4.78, 5) is 22.3. The summed E-state index contributed by atoms with van der Waals surface area (Å²) in [5.74, 6) is -1.81. The maximum Gasteiger partial charge on any atom is 0.312 e. The van der Waals surface area contributed by atoms with Gasteiger partial charge in [0.1, 0.15) is 37.6 Å². The van der Waals surface area contributed by atoms with E-state index in [1.165, 1.54) is 6.07 Å². The lowest BCUT2D eigenvalue weighted by Gasteiger charge is -2.16. The van der Waals surface area contributed by atoms with Crippen molar-refractivity contribution >= 4 is 64.2 Å². The minimum atomic E-state index is -0.685. The van der Waals surface area contributed by atoms with Gasteiger partial charge in [0.2, 0.25) is 5.76 Å². The molecule has 162 valence electrons. The number of benzene rings is 1. The zero-order chi connectivity index (χ0) is 22.2. The Kier molecular flexibility index (Phi) is 6.19. The van der Waals surface area contributed by atoms with Crippen molar-refractivity contribution in [1.82, 2.24) is 10.5 Å². The fourth-order valence-corrected chi connectivity index (χ4v) is 3.70. The van der Waals surface area contributed by atoms with Crippen molar-refractivity contribution < 1.29 is 27.9 Å². The van der Waals surface area contributed by atoms with E-state index in [0.717, 1.165) is 9.03 Å². The van der Waals surface area contributed by atoms with Gasteiger partial charge in [0.25, 0.3) is 0 Å². The van der Waals surface area contributed by atoms with Crippen LogP contribution in [-0.4, -0.2) is 43.8 Å². The highest BCUT2D eigenvalue weighted by Crippen LogP contribution is 2.33. The van der Waals surface area contributed by atoms with Crippen molar-refractivity contribution in [2.24, 2.45) is 0 Å². The minimum Gasteiger partial charge on any atom is -0.449 e. The number of rotatable bonds is 6. The molecule has 0 unspecified atom stereocenters. The highest BCUT2D eigenvalue weighted by atomic mass is 127. The molecule has 1 fully saturated rings. The topological polar surface area (TPSA) is 94.9 Å². The van der Waals surface area contributed by atoms with Crippen molar-refractivity contribution in [1.29, 1.82) is 0 Å². The lowest BCUT2D eigenvalue weighted by Crippen LogP contribution is -2.30. The third-order valence-electron chi connectivity index (χ3n) is 4.67. The summed E-state index contributed by atoms with van der Waals surface area (Å²) in [7, 11) is 1.81. The summed E-state index contributed by atoms with van der Waals surface area (Å²) in [5.41, 5.74) is 4.08. The lowest BCUT2D eigenvalue weighted by molar-refractivity contribution is -0.147. The van der Waals surface area contributed by atoms with Crippen molar-refractivity contribution in [2.45, 2.75) is 25.7 Å². The molecule has 0 saturated carbocycles. The van der Waals surface area contributed by atoms with Gasteiger partial charge in [-0.25, -0.2) is 9.87 Å². The molecule has 1 aliphatic rings. The van der Waals surface area contributed by atoms with E-state index in [-0.39, 0.29) is 24.2 Å². The summed E-state index contributed by atoms with van der Waals surface area (Å²) in [6, 6.07) is 4.74. The number of pyridine rings is 1. The molecule has 3 heterocycles. The van der Waals surface area contributed by atoms with Gasteiger partial charge in [0.05, 0.1) is 17.7 Å². The van der Waals surface area contributed by atoms with Gasteiger partial charge in [-0.3, -0.25) is 14.6 Å². The number of carbonyl (C=O) groups is 1. The number of nitrogens with one attached hydrogen (secondary N) is 2. The Morgan fingerprint density at radius 2 is 2.23 bits per heavy atom. The highest BCUT2D eigenvalue weighted by molar-refractivity contribution is 14.1. The van der Waals surface area contributed by atoms with Gasteiger partial charge in [-0.05, 0) is 60.1 Å². The number of furan rings is 1. The standard InChI is InChI=1S/C20H20BFIN3O5/c1-20(2)28-8-11(31-20)9-29-26-19(27)18-16(12-6-24-7-13(21)17(12)30-18)25-15-4-3-10(23)5-14(15)22/h3-7,11,25H,8-9,21H2,1-2H3,(H,26,27)/t11-/m1/s1. The van der Waals surface area contributed by atoms with Gasteiger partial charge in [-0.2, -0.15) is 0 Å². The fourth-order valence-electron chi connectivity index (χ4n) is 3.24. The van der Waals surface area contributed by atoms with Gasteiger partial charge in [-0.15, -0.1) is 0 Å². The van der Waals surface area contributed by atoms with Crippen molar-refractivity contribution in [3.05, 3.63) is 45.7 Å². The molecular weight excluding hydrogens is 519 g/mol. The Labute approximate surface area is 192 Å². The average Bonchev–Trinajstić information content (AvgIpc) is 3.25. The predicted molar refractivity (Wildman–Crippen MR) is 123 cm³/mol. The second kappa shape index (κ2) is 8.73. The SMILES string of the molecule is Bc1cncc2c(Nc3ccc(I)cc3F)c(C(=O)NOC[C@H]3COC(C)(C)O3)oc12. The van der Waals surface area contributed by atoms with Crippen molar-refractivity contribution in [3.8, 4) is 0 Å². The molecule has 0 aliphatic carbocycles. The fraction of sp³-hybridized carbons (Fsp3) is 0.300. The molecule has 11 heteroatoms. The zero-order valence-corrected chi connectivity index (χ0v) is 19.3. The number of hydrogen-bond donors (Lipinski definition) is 2. The largest absolute Gasteiger partial charge is 0.449 e. The third-order valence-corrected chi connectivity index (χ3v) is 5.34. The number of halogens is 2. The molecule has 1 amide bonds. The molecule has 2 N–H and O–H groups in total. The average molecular weight is 539 g/mol. The smallest absolute Gasteiger partial charge is 0.312 e. The van der Waals surface area contributed by atoms with Crippen LogP contribution in [0.4, 0.5) is 15.8 Å². The number of hydrogen-bond acceptors (Lipinski definition) is 7. The van der Waals surface area contributed by atoms with E-state index in [9.17, 15) is 9.18 Å². The van der Waals surface area contributed by atoms with E-state index >= 15 is 0 Å². The Hall–Kier alpha value is -2.22. The highest BCUT2D eigenvalue weighted by Gasteiger charge is 2.33. The monoisotopic (exact) mass is 539 g/mol. The van der Waals surface area contributed by atoms with Gasteiger partial charge < -0.3 is 19.2 Å². The molecule has 4 rings (SSSR count). The van der Waals surface area contributed by atoms with Crippen LogP contribution in [0.15, 0.2) is 35.0 Å². The van der Waals surface area contributed by atoms with Gasteiger partial charge in [0.15, 0.2) is 5.79 Å². The molecule has 0 radical (unpaired) electrons.